The fourth-order valence-corrected chi connectivity index (χ4v) is 2.53. The monoisotopic (exact) mass is 257 g/mol. The molecule has 18 heavy (non-hydrogen) atoms. The average Bonchev–Trinajstić information content (AvgIpc) is 2.37. The summed E-state index contributed by atoms with van der Waals surface area (Å²) in [5.74, 6) is -0.925. The number of primary amides is 1. The first kappa shape index (κ1) is 15.0. The third-order valence-electron chi connectivity index (χ3n) is 3.81. The van der Waals surface area contributed by atoms with Gasteiger partial charge in [0.1, 0.15) is 0 Å². The van der Waals surface area contributed by atoms with E-state index in [9.17, 15) is 14.7 Å². The molecule has 1 amide bonds. The molecule has 1 saturated carbocycles. The van der Waals surface area contributed by atoms with Gasteiger partial charge in [-0.05, 0) is 18.8 Å². The van der Waals surface area contributed by atoms with E-state index in [4.69, 9.17) is 5.73 Å². The van der Waals surface area contributed by atoms with Crippen LogP contribution in [0.4, 0.5) is 0 Å². The molecule has 0 aliphatic heterocycles. The molecular formula is C13H23NO4. The predicted octanol–water partition coefficient (Wildman–Crippen LogP) is 1.13. The predicted molar refractivity (Wildman–Crippen MR) is 66.6 cm³/mol. The van der Waals surface area contributed by atoms with Crippen LogP contribution in [-0.4, -0.2) is 29.7 Å². The average molecular weight is 257 g/mol. The smallest absolute Gasteiger partial charge is 0.308 e. The summed E-state index contributed by atoms with van der Waals surface area (Å²) >= 11 is 0. The van der Waals surface area contributed by atoms with Crippen LogP contribution in [0.5, 0.6) is 0 Å². The Balaban J connectivity index is 2.50. The van der Waals surface area contributed by atoms with E-state index in [2.05, 4.69) is 4.74 Å². The summed E-state index contributed by atoms with van der Waals surface area (Å²) in [5.41, 5.74) is 3.43. The van der Waals surface area contributed by atoms with Gasteiger partial charge in [0.2, 0.25) is 5.91 Å². The molecule has 0 aromatic carbocycles. The molecule has 1 fully saturated rings. The number of amides is 1. The van der Waals surface area contributed by atoms with Gasteiger partial charge in [-0.1, -0.05) is 32.1 Å². The van der Waals surface area contributed by atoms with Gasteiger partial charge in [-0.25, -0.2) is 0 Å². The van der Waals surface area contributed by atoms with Gasteiger partial charge in [-0.15, -0.1) is 0 Å². The minimum atomic E-state index is -1.76. The quantitative estimate of drug-likeness (QED) is 0.698. The highest BCUT2D eigenvalue weighted by molar-refractivity contribution is 5.88. The molecule has 5 heteroatoms. The third-order valence-corrected chi connectivity index (χ3v) is 3.81. The zero-order valence-electron chi connectivity index (χ0n) is 11.0. The Morgan fingerprint density at radius 2 is 1.94 bits per heavy atom. The number of esters is 1. The summed E-state index contributed by atoms with van der Waals surface area (Å²) in [7, 11) is 1.23. The van der Waals surface area contributed by atoms with Gasteiger partial charge in [0, 0.05) is 0 Å². The Bertz CT molecular complexity index is 299. The van der Waals surface area contributed by atoms with Gasteiger partial charge in [0.15, 0.2) is 5.60 Å². The van der Waals surface area contributed by atoms with E-state index in [1.807, 2.05) is 0 Å². The molecule has 1 rings (SSSR count). The molecule has 1 aliphatic carbocycles. The first-order valence-corrected chi connectivity index (χ1v) is 6.57. The van der Waals surface area contributed by atoms with E-state index in [0.717, 1.165) is 19.3 Å². The maximum absolute atomic E-state index is 11.3. The van der Waals surface area contributed by atoms with E-state index < -0.39 is 17.5 Å². The Morgan fingerprint density at radius 3 is 2.44 bits per heavy atom. The Labute approximate surface area is 108 Å². The van der Waals surface area contributed by atoms with Crippen molar-refractivity contribution in [3.05, 3.63) is 0 Å². The number of ether oxygens (including phenoxy) is 1. The summed E-state index contributed by atoms with van der Waals surface area (Å²) in [6, 6.07) is 0. The van der Waals surface area contributed by atoms with Crippen molar-refractivity contribution >= 4 is 11.9 Å². The molecule has 0 radical (unpaired) electrons. The molecular weight excluding hydrogens is 234 g/mol. The molecule has 0 bridgehead atoms. The second-order valence-corrected chi connectivity index (χ2v) is 5.19. The summed E-state index contributed by atoms with van der Waals surface area (Å²) in [6.07, 6.45) is 6.55. The lowest BCUT2D eigenvalue weighted by Gasteiger charge is -2.27. The lowest BCUT2D eigenvalue weighted by Crippen LogP contribution is -2.46. The molecule has 0 aromatic heterocycles. The van der Waals surface area contributed by atoms with Crippen LogP contribution in [0.1, 0.15) is 51.4 Å². The van der Waals surface area contributed by atoms with Crippen LogP contribution >= 0.6 is 0 Å². The zero-order chi connectivity index (χ0) is 13.6. The first-order chi connectivity index (χ1) is 8.48. The SMILES string of the molecule is COC(=O)CC(O)(CCC1CCCCC1)C(N)=O. The van der Waals surface area contributed by atoms with Gasteiger partial charge >= 0.3 is 5.97 Å². The fourth-order valence-electron chi connectivity index (χ4n) is 2.53. The molecule has 1 atom stereocenters. The van der Waals surface area contributed by atoms with Crippen LogP contribution < -0.4 is 5.73 Å². The highest BCUT2D eigenvalue weighted by atomic mass is 16.5. The van der Waals surface area contributed by atoms with E-state index in [1.165, 1.54) is 26.4 Å². The lowest BCUT2D eigenvalue weighted by atomic mass is 9.82. The summed E-state index contributed by atoms with van der Waals surface area (Å²) in [5, 5.41) is 10.1. The van der Waals surface area contributed by atoms with Crippen molar-refractivity contribution in [2.75, 3.05) is 7.11 Å². The standard InChI is InChI=1S/C13H23NO4/c1-18-11(15)9-13(17,12(14)16)8-7-10-5-3-2-4-6-10/h10,17H,2-9H2,1H3,(H2,14,16). The van der Waals surface area contributed by atoms with E-state index in [-0.39, 0.29) is 12.8 Å². The minimum Gasteiger partial charge on any atom is -0.469 e. The molecule has 1 aliphatic rings. The van der Waals surface area contributed by atoms with Crippen LogP contribution in [0.15, 0.2) is 0 Å². The van der Waals surface area contributed by atoms with Gasteiger partial charge in [0.05, 0.1) is 13.5 Å². The maximum atomic E-state index is 11.3. The van der Waals surface area contributed by atoms with Crippen LogP contribution in [0.2, 0.25) is 0 Å². The molecule has 0 saturated heterocycles. The van der Waals surface area contributed by atoms with Crippen molar-refractivity contribution in [2.24, 2.45) is 11.7 Å². The molecule has 0 aromatic rings. The van der Waals surface area contributed by atoms with Gasteiger partial charge in [-0.2, -0.15) is 0 Å². The molecule has 0 heterocycles. The van der Waals surface area contributed by atoms with Gasteiger partial charge < -0.3 is 15.6 Å². The molecule has 104 valence electrons. The van der Waals surface area contributed by atoms with Crippen molar-refractivity contribution in [1.29, 1.82) is 0 Å². The molecule has 5 nitrogen and oxygen atoms in total. The topological polar surface area (TPSA) is 89.6 Å². The van der Waals surface area contributed by atoms with Crippen molar-refractivity contribution in [1.82, 2.24) is 0 Å². The van der Waals surface area contributed by atoms with Gasteiger partial charge in [-0.3, -0.25) is 9.59 Å². The van der Waals surface area contributed by atoms with Crippen molar-refractivity contribution in [3.63, 3.8) is 0 Å². The van der Waals surface area contributed by atoms with Crippen molar-refractivity contribution < 1.29 is 19.4 Å². The number of hydrogen-bond donors (Lipinski definition) is 2. The number of aliphatic hydroxyl groups is 1. The summed E-state index contributed by atoms with van der Waals surface area (Å²) < 4.78 is 4.48. The summed E-state index contributed by atoms with van der Waals surface area (Å²) in [6.45, 7) is 0. The van der Waals surface area contributed by atoms with Crippen LogP contribution in [0.3, 0.4) is 0 Å². The second kappa shape index (κ2) is 6.73. The van der Waals surface area contributed by atoms with Crippen LogP contribution in [0.25, 0.3) is 0 Å². The van der Waals surface area contributed by atoms with Crippen molar-refractivity contribution in [2.45, 2.75) is 57.0 Å². The number of hydrogen-bond acceptors (Lipinski definition) is 4. The summed E-state index contributed by atoms with van der Waals surface area (Å²) in [4.78, 5) is 22.5. The fraction of sp³-hybridized carbons (Fsp3) is 0.846. The van der Waals surface area contributed by atoms with Crippen LogP contribution in [0, 0.1) is 5.92 Å². The third kappa shape index (κ3) is 4.29. The maximum Gasteiger partial charge on any atom is 0.308 e. The molecule has 0 spiro atoms. The Kier molecular flexibility index (Phi) is 5.59. The number of methoxy groups -OCH3 is 1. The van der Waals surface area contributed by atoms with Crippen molar-refractivity contribution in [3.8, 4) is 0 Å². The first-order valence-electron chi connectivity index (χ1n) is 6.57. The largest absolute Gasteiger partial charge is 0.469 e. The zero-order valence-corrected chi connectivity index (χ0v) is 11.0. The molecule has 3 N–H and O–H groups in total. The normalized spacial score (nSPS) is 20.1. The lowest BCUT2D eigenvalue weighted by molar-refractivity contribution is -0.154. The highest BCUT2D eigenvalue weighted by Gasteiger charge is 2.37. The Hall–Kier alpha value is -1.10. The minimum absolute atomic E-state index is 0.238. The number of carbonyl (C=O) groups is 2. The van der Waals surface area contributed by atoms with E-state index >= 15 is 0 Å². The highest BCUT2D eigenvalue weighted by Crippen LogP contribution is 2.30. The number of carbonyl (C=O) groups excluding carboxylic acids is 2. The van der Waals surface area contributed by atoms with E-state index in [0.29, 0.717) is 5.92 Å². The van der Waals surface area contributed by atoms with Gasteiger partial charge in [0.25, 0.3) is 0 Å². The van der Waals surface area contributed by atoms with Crippen LogP contribution in [-0.2, 0) is 14.3 Å². The number of rotatable bonds is 6. The Morgan fingerprint density at radius 1 is 1.33 bits per heavy atom. The number of nitrogens with two attached hydrogens (primary N) is 1. The molecule has 1 unspecified atom stereocenters. The second-order valence-electron chi connectivity index (χ2n) is 5.19. The van der Waals surface area contributed by atoms with E-state index in [1.54, 1.807) is 0 Å².